The molecule has 1 unspecified atom stereocenters. The Morgan fingerprint density at radius 2 is 0.972 bits per heavy atom. The Morgan fingerprint density at radius 1 is 0.606 bits per heavy atom. The Morgan fingerprint density at radius 3 is 1.27 bits per heavy atom. The minimum Gasteiger partial charge on any atom is -0.512 e. The van der Waals surface area contributed by atoms with E-state index in [1.165, 1.54) is 0 Å². The van der Waals surface area contributed by atoms with Crippen LogP contribution < -0.4 is 85.5 Å². The molecule has 3 aliphatic heterocycles. The summed E-state index contributed by atoms with van der Waals surface area (Å²) < 4.78 is 33.1. The molecule has 0 saturated carbocycles. The van der Waals surface area contributed by atoms with Crippen LogP contribution in [0.25, 0.3) is 0 Å². The van der Waals surface area contributed by atoms with E-state index in [9.17, 15) is 19.2 Å². The number of nitrogens with zero attached hydrogens (tertiary/aromatic N) is 2. The van der Waals surface area contributed by atoms with Gasteiger partial charge in [0.05, 0.1) is 0 Å². The van der Waals surface area contributed by atoms with E-state index < -0.39 is 0 Å². The molecule has 3 heterocycles. The molecule has 17 nitrogen and oxygen atoms in total. The van der Waals surface area contributed by atoms with Crippen LogP contribution in [0.1, 0.15) is 150 Å². The summed E-state index contributed by atoms with van der Waals surface area (Å²) in [4.78, 5) is 47.0. The van der Waals surface area contributed by atoms with Crippen LogP contribution in [0.3, 0.4) is 0 Å². The van der Waals surface area contributed by atoms with Gasteiger partial charge in [0, 0.05) is 70.8 Å². The minimum atomic E-state index is -0.329. The third kappa shape index (κ3) is 19.3. The van der Waals surface area contributed by atoms with Crippen LogP contribution in [-0.2, 0) is 4.79 Å². The number of nitrogens with two attached hydrogens (primary N) is 1. The van der Waals surface area contributed by atoms with Gasteiger partial charge in [0.1, 0.15) is 45.4 Å². The predicted molar refractivity (Wildman–Crippen MR) is 272 cm³/mol. The van der Waals surface area contributed by atoms with Crippen molar-refractivity contribution in [1.82, 2.24) is 21.7 Å². The van der Waals surface area contributed by atoms with Crippen LogP contribution in [0.15, 0.2) is 41.5 Å². The van der Waals surface area contributed by atoms with Gasteiger partial charge in [-0.05, 0) is 75.4 Å². The Hall–Kier alpha value is -5.32. The SMILES string of the molecule is CCC(=NNC(=O)c1ccc2c(c1C)OCCO2)C(C)(C)C.CCC(=O)C(C)(C)C.CCC(NNC(=O)c1ccc2c(c1C)OCCO2)C(C)(C)C.Cc1c(C(=O)NN)ccc2c1OCCO2.[B].[C-]#N.[Na+]. The first-order valence-corrected chi connectivity index (χ1v) is 23.3. The molecule has 3 aromatic carbocycles. The van der Waals surface area contributed by atoms with Crippen LogP contribution in [0.4, 0.5) is 0 Å². The fourth-order valence-electron chi connectivity index (χ4n) is 7.22. The number of rotatable bonds is 9. The molecule has 3 radical (unpaired) electrons. The van der Waals surface area contributed by atoms with E-state index in [2.05, 4.69) is 75.3 Å². The fraction of sp³-hybridized carbons (Fsp3) is 0.538. The minimum absolute atomic E-state index is 0. The summed E-state index contributed by atoms with van der Waals surface area (Å²) in [5.74, 6) is 8.70. The van der Waals surface area contributed by atoms with Crippen molar-refractivity contribution in [2.75, 3.05) is 39.6 Å². The number of nitrogen functional groups attached to an aromatic ring is 1. The maximum Gasteiger partial charge on any atom is 1.00 e. The number of carbonyl (C=O) groups is 4. The molecule has 19 heteroatoms. The van der Waals surface area contributed by atoms with Crippen LogP contribution >= 0.6 is 0 Å². The topological polar surface area (TPSA) is 234 Å². The molecule has 3 aromatic rings. The molecule has 1 atom stereocenters. The van der Waals surface area contributed by atoms with Gasteiger partial charge in [-0.15, -0.1) is 0 Å². The molecule has 0 saturated heterocycles. The van der Waals surface area contributed by atoms with Crippen molar-refractivity contribution in [2.24, 2.45) is 27.2 Å². The van der Waals surface area contributed by atoms with E-state index in [0.717, 1.165) is 35.2 Å². The van der Waals surface area contributed by atoms with Crippen molar-refractivity contribution in [3.8, 4) is 34.5 Å². The van der Waals surface area contributed by atoms with Gasteiger partial charge in [-0.2, -0.15) is 5.10 Å². The number of nitrogens with one attached hydrogen (secondary N) is 4. The number of hydrogen-bond acceptors (Lipinski definition) is 14. The molecule has 0 aliphatic carbocycles. The van der Waals surface area contributed by atoms with E-state index in [1.807, 2.05) is 48.5 Å². The van der Waals surface area contributed by atoms with Crippen molar-refractivity contribution in [2.45, 2.75) is 129 Å². The normalized spacial score (nSPS) is 13.5. The summed E-state index contributed by atoms with van der Waals surface area (Å²) in [6.07, 6.45) is 2.39. The van der Waals surface area contributed by atoms with Gasteiger partial charge in [0.15, 0.2) is 34.5 Å². The van der Waals surface area contributed by atoms with E-state index in [-0.39, 0.29) is 78.0 Å². The zero-order valence-electron chi connectivity index (χ0n) is 45.0. The Labute approximate surface area is 446 Å². The van der Waals surface area contributed by atoms with E-state index in [0.29, 0.717) is 103 Å². The van der Waals surface area contributed by atoms with Crippen LogP contribution in [0.5, 0.6) is 34.5 Å². The number of benzene rings is 3. The monoisotopic (exact) mass is 993 g/mol. The summed E-state index contributed by atoms with van der Waals surface area (Å²) in [7, 11) is 0. The summed E-state index contributed by atoms with van der Waals surface area (Å²) in [6.45, 7) is 38.0. The number of hydrazone groups is 1. The Kier molecular flexibility index (Phi) is 28.3. The Balaban J connectivity index is 0.000000945. The maximum atomic E-state index is 12.4. The smallest absolute Gasteiger partial charge is 0.512 e. The zero-order chi connectivity index (χ0) is 52.3. The van der Waals surface area contributed by atoms with Gasteiger partial charge in [-0.3, -0.25) is 30.0 Å². The zero-order valence-corrected chi connectivity index (χ0v) is 47.0. The fourth-order valence-corrected chi connectivity index (χ4v) is 7.22. The first kappa shape index (κ1) is 65.7. The quantitative estimate of drug-likeness (QED) is 0.0462. The molecule has 0 bridgehead atoms. The van der Waals surface area contributed by atoms with Crippen LogP contribution in [-0.4, -0.2) is 83.3 Å². The van der Waals surface area contributed by atoms with E-state index in [1.54, 1.807) is 43.3 Å². The second-order valence-electron chi connectivity index (χ2n) is 19.3. The number of hydrogen-bond donors (Lipinski definition) is 5. The number of ketones is 1. The summed E-state index contributed by atoms with van der Waals surface area (Å²) >= 11 is 0. The van der Waals surface area contributed by atoms with Gasteiger partial charge in [-0.1, -0.05) is 83.1 Å². The second kappa shape index (κ2) is 30.5. The molecule has 0 spiro atoms. The number of Topliss-reactive ketones (excluding diaryl/α,β-unsaturated/α-hetero) is 1. The van der Waals surface area contributed by atoms with Crippen molar-refractivity contribution in [3.63, 3.8) is 0 Å². The summed E-state index contributed by atoms with van der Waals surface area (Å²) in [5.41, 5.74) is 15.5. The van der Waals surface area contributed by atoms with Gasteiger partial charge >= 0.3 is 29.6 Å². The number of ether oxygens (including phenoxy) is 6. The molecular weight excluding hydrogens is 916 g/mol. The van der Waals surface area contributed by atoms with Crippen molar-refractivity contribution in [3.05, 3.63) is 76.4 Å². The second-order valence-corrected chi connectivity index (χ2v) is 19.3. The Bertz CT molecular complexity index is 2290. The molecule has 3 amide bonds. The average Bonchev–Trinajstić information content (AvgIpc) is 3.32. The maximum absolute atomic E-state index is 12.4. The molecular formula is C52H76BN7NaO10. The third-order valence-electron chi connectivity index (χ3n) is 11.2. The van der Waals surface area contributed by atoms with Crippen LogP contribution in [0.2, 0.25) is 0 Å². The van der Waals surface area contributed by atoms with Crippen LogP contribution in [0, 0.1) is 48.9 Å². The average molecular weight is 993 g/mol. The summed E-state index contributed by atoms with van der Waals surface area (Å²) in [6, 6.07) is 10.7. The molecule has 0 aromatic heterocycles. The molecule has 6 rings (SSSR count). The van der Waals surface area contributed by atoms with E-state index >= 15 is 0 Å². The standard InChI is InChI=1S/C17H26N2O3.C17H24N2O3.C10H12N2O3.C7H14O.CN.B.Na/c2*1-6-14(17(3,4)5)18-19-16(20)12-7-8-13-15(11(12)2)22-10-9-21-13;1-6-7(10(13)12-11)2-3-8-9(6)15-5-4-14-8;1-5-6(8)7(2,3)4;1-2;;/h7-8,14,18H,6,9-10H2,1-5H3,(H,19,20);7-8H,6,9-10H2,1-5H3,(H,19,20);2-3H,4-5,11H2,1H3,(H,12,13);5H2,1-4H3;;;/q;;;;-1;;+1. The molecule has 383 valence electrons. The molecule has 71 heavy (non-hydrogen) atoms. The van der Waals surface area contributed by atoms with Gasteiger partial charge in [0.25, 0.3) is 17.7 Å². The number of fused-ring (bicyclic) bond motifs is 3. The predicted octanol–water partition coefficient (Wildman–Crippen LogP) is 5.23. The first-order valence-electron chi connectivity index (χ1n) is 23.3. The summed E-state index contributed by atoms with van der Waals surface area (Å²) in [5, 5.41) is 10.5. The van der Waals surface area contributed by atoms with Crippen molar-refractivity contribution in [1.29, 1.82) is 5.26 Å². The molecule has 3 aliphatic rings. The third-order valence-corrected chi connectivity index (χ3v) is 11.2. The molecule has 0 fully saturated rings. The number of hydrazine groups is 2. The molecule has 6 N–H and O–H groups in total. The van der Waals surface area contributed by atoms with Gasteiger partial charge < -0.3 is 40.3 Å². The first-order chi connectivity index (χ1) is 32.4. The largest absolute Gasteiger partial charge is 1.00 e. The van der Waals surface area contributed by atoms with Crippen molar-refractivity contribution >= 4 is 37.6 Å². The van der Waals surface area contributed by atoms with Gasteiger partial charge in [-0.25, -0.2) is 16.7 Å². The number of amides is 3. The van der Waals surface area contributed by atoms with E-state index in [4.69, 9.17) is 46.1 Å². The number of carbonyl (C=O) groups excluding carboxylic acids is 4. The van der Waals surface area contributed by atoms with Crippen molar-refractivity contribution < 1.29 is 77.2 Å². The van der Waals surface area contributed by atoms with Gasteiger partial charge in [0.2, 0.25) is 0 Å².